The molecule has 0 amide bonds. The molecule has 0 fully saturated rings. The van der Waals surface area contributed by atoms with Gasteiger partial charge in [0.2, 0.25) is 11.9 Å². The van der Waals surface area contributed by atoms with Crippen LogP contribution in [-0.4, -0.2) is 29.3 Å². The van der Waals surface area contributed by atoms with Crippen LogP contribution < -0.4 is 5.73 Å². The van der Waals surface area contributed by atoms with Crippen molar-refractivity contribution < 1.29 is 4.39 Å². The number of hydrogen-bond acceptors (Lipinski definition) is 5. The first-order chi connectivity index (χ1) is 12.2. The number of nitrogens with two attached hydrogens (primary N) is 1. The lowest BCUT2D eigenvalue weighted by atomic mass is 10.1. The highest BCUT2D eigenvalue weighted by atomic mass is 19.1. The lowest BCUT2D eigenvalue weighted by Crippen LogP contribution is -2.11. The Morgan fingerprint density at radius 2 is 2.00 bits per heavy atom. The fourth-order valence-corrected chi connectivity index (χ4v) is 2.95. The Labute approximate surface area is 143 Å². The zero-order valence-corrected chi connectivity index (χ0v) is 13.6. The minimum absolute atomic E-state index is 0.244. The van der Waals surface area contributed by atoms with Crippen molar-refractivity contribution in [3.63, 3.8) is 0 Å². The molecule has 0 atom stereocenters. The number of benzene rings is 1. The predicted octanol–water partition coefficient (Wildman–Crippen LogP) is 2.81. The lowest BCUT2D eigenvalue weighted by molar-refractivity contribution is 0.630. The molecule has 25 heavy (non-hydrogen) atoms. The van der Waals surface area contributed by atoms with Crippen LogP contribution >= 0.6 is 0 Å². The highest BCUT2D eigenvalue weighted by Crippen LogP contribution is 2.31. The van der Waals surface area contributed by atoms with Gasteiger partial charge in [-0.2, -0.15) is 14.8 Å². The molecule has 3 heterocycles. The summed E-state index contributed by atoms with van der Waals surface area (Å²) in [4.78, 5) is 12.8. The maximum absolute atomic E-state index is 14.4. The maximum atomic E-state index is 14.4. The standard InChI is InChI=1S/C17H16FN7/c1-2-7-24-15-12(11-5-3-4-6-13(11)18)8-20-9-14(15)23-17(24)25-16(19)21-10-22-25/h3-6,8-10H,2,7H2,1H3,(H2,19,21,22). The lowest BCUT2D eigenvalue weighted by Gasteiger charge is -2.11. The van der Waals surface area contributed by atoms with E-state index in [1.807, 2.05) is 4.57 Å². The van der Waals surface area contributed by atoms with E-state index in [0.717, 1.165) is 11.9 Å². The first-order valence-electron chi connectivity index (χ1n) is 7.95. The molecule has 0 aliphatic rings. The van der Waals surface area contributed by atoms with Gasteiger partial charge >= 0.3 is 0 Å². The van der Waals surface area contributed by atoms with Crippen molar-refractivity contribution in [3.05, 3.63) is 48.8 Å². The summed E-state index contributed by atoms with van der Waals surface area (Å²) in [5, 5.41) is 4.15. The van der Waals surface area contributed by atoms with E-state index in [0.29, 0.717) is 29.1 Å². The molecule has 0 saturated carbocycles. The summed E-state index contributed by atoms with van der Waals surface area (Å²) < 4.78 is 17.8. The number of fused-ring (bicyclic) bond motifs is 1. The van der Waals surface area contributed by atoms with Gasteiger partial charge in [0.05, 0.1) is 11.7 Å². The summed E-state index contributed by atoms with van der Waals surface area (Å²) in [7, 11) is 0. The van der Waals surface area contributed by atoms with Gasteiger partial charge in [-0.25, -0.2) is 9.37 Å². The number of anilines is 1. The Kier molecular flexibility index (Phi) is 3.64. The SMILES string of the molecule is CCCn1c(-n2ncnc2N)nc2cncc(-c3ccccc3F)c21. The Bertz CT molecular complexity index is 1050. The maximum Gasteiger partial charge on any atom is 0.235 e. The van der Waals surface area contributed by atoms with Gasteiger partial charge in [0, 0.05) is 23.9 Å². The summed E-state index contributed by atoms with van der Waals surface area (Å²) in [5.74, 6) is 0.480. The van der Waals surface area contributed by atoms with E-state index in [1.54, 1.807) is 30.6 Å². The minimum Gasteiger partial charge on any atom is -0.368 e. The third kappa shape index (κ3) is 2.42. The van der Waals surface area contributed by atoms with Gasteiger partial charge in [-0.15, -0.1) is 0 Å². The summed E-state index contributed by atoms with van der Waals surface area (Å²) in [6, 6.07) is 6.63. The van der Waals surface area contributed by atoms with Crippen molar-refractivity contribution in [2.75, 3.05) is 5.73 Å². The second-order valence-electron chi connectivity index (χ2n) is 5.63. The van der Waals surface area contributed by atoms with Crippen LogP contribution in [0.3, 0.4) is 0 Å². The van der Waals surface area contributed by atoms with Crippen LogP contribution in [0.15, 0.2) is 43.0 Å². The first kappa shape index (κ1) is 15.3. The van der Waals surface area contributed by atoms with Gasteiger partial charge < -0.3 is 10.3 Å². The smallest absolute Gasteiger partial charge is 0.235 e. The molecule has 4 aromatic rings. The zero-order chi connectivity index (χ0) is 17.4. The number of hydrogen-bond donors (Lipinski definition) is 1. The van der Waals surface area contributed by atoms with Crippen LogP contribution in [-0.2, 0) is 6.54 Å². The molecule has 0 saturated heterocycles. The molecule has 4 rings (SSSR count). The molecule has 126 valence electrons. The van der Waals surface area contributed by atoms with Crippen molar-refractivity contribution >= 4 is 17.0 Å². The van der Waals surface area contributed by atoms with Crippen LogP contribution in [0.1, 0.15) is 13.3 Å². The zero-order valence-electron chi connectivity index (χ0n) is 13.6. The normalized spacial score (nSPS) is 11.3. The van der Waals surface area contributed by atoms with Crippen LogP contribution in [0, 0.1) is 5.82 Å². The minimum atomic E-state index is -0.303. The molecule has 0 bridgehead atoms. The van der Waals surface area contributed by atoms with E-state index in [2.05, 4.69) is 27.0 Å². The van der Waals surface area contributed by atoms with Crippen LogP contribution in [0.2, 0.25) is 0 Å². The largest absolute Gasteiger partial charge is 0.368 e. The third-order valence-electron chi connectivity index (χ3n) is 4.00. The number of aromatic nitrogens is 6. The van der Waals surface area contributed by atoms with Crippen molar-refractivity contribution in [2.24, 2.45) is 0 Å². The first-order valence-corrected chi connectivity index (χ1v) is 7.95. The van der Waals surface area contributed by atoms with Crippen molar-refractivity contribution in [3.8, 4) is 17.1 Å². The number of imidazole rings is 1. The number of rotatable bonds is 4. The Hall–Kier alpha value is -3.29. The molecule has 2 N–H and O–H groups in total. The highest BCUT2D eigenvalue weighted by molar-refractivity contribution is 5.92. The molecular weight excluding hydrogens is 321 g/mol. The van der Waals surface area contributed by atoms with Gasteiger partial charge in [0.1, 0.15) is 17.7 Å². The predicted molar refractivity (Wildman–Crippen MR) is 92.5 cm³/mol. The molecule has 0 aliphatic heterocycles. The average Bonchev–Trinajstić information content (AvgIpc) is 3.19. The molecule has 1 aromatic carbocycles. The van der Waals surface area contributed by atoms with Crippen molar-refractivity contribution in [1.29, 1.82) is 0 Å². The molecule has 7 nitrogen and oxygen atoms in total. The second-order valence-corrected chi connectivity index (χ2v) is 5.63. The van der Waals surface area contributed by atoms with Gasteiger partial charge in [-0.3, -0.25) is 4.98 Å². The highest BCUT2D eigenvalue weighted by Gasteiger charge is 2.19. The topological polar surface area (TPSA) is 87.4 Å². The van der Waals surface area contributed by atoms with Gasteiger partial charge in [0.15, 0.2) is 0 Å². The number of pyridine rings is 1. The van der Waals surface area contributed by atoms with Crippen molar-refractivity contribution in [2.45, 2.75) is 19.9 Å². The summed E-state index contributed by atoms with van der Waals surface area (Å²) in [6.45, 7) is 2.74. The molecular formula is C17H16FN7. The van der Waals surface area contributed by atoms with E-state index in [9.17, 15) is 4.39 Å². The van der Waals surface area contributed by atoms with Crippen LogP contribution in [0.5, 0.6) is 0 Å². The van der Waals surface area contributed by atoms with E-state index in [-0.39, 0.29) is 11.8 Å². The van der Waals surface area contributed by atoms with Gasteiger partial charge in [0.25, 0.3) is 0 Å². The van der Waals surface area contributed by atoms with E-state index >= 15 is 0 Å². The number of halogens is 1. The number of aryl methyl sites for hydroxylation is 1. The van der Waals surface area contributed by atoms with Crippen LogP contribution in [0.25, 0.3) is 28.1 Å². The van der Waals surface area contributed by atoms with E-state index < -0.39 is 0 Å². The molecule has 0 spiro atoms. The Morgan fingerprint density at radius 1 is 1.16 bits per heavy atom. The quantitative estimate of drug-likeness (QED) is 0.619. The molecule has 8 heteroatoms. The Balaban J connectivity index is 2.05. The second kappa shape index (κ2) is 5.97. The fraction of sp³-hybridized carbons (Fsp3) is 0.176. The molecule has 0 unspecified atom stereocenters. The molecule has 0 radical (unpaired) electrons. The van der Waals surface area contributed by atoms with Gasteiger partial charge in [-0.1, -0.05) is 25.1 Å². The van der Waals surface area contributed by atoms with E-state index in [1.165, 1.54) is 17.1 Å². The molecule has 0 aliphatic carbocycles. The molecule has 3 aromatic heterocycles. The summed E-state index contributed by atoms with van der Waals surface area (Å²) in [5.41, 5.74) is 8.51. The fourth-order valence-electron chi connectivity index (χ4n) is 2.95. The average molecular weight is 337 g/mol. The Morgan fingerprint density at radius 3 is 2.72 bits per heavy atom. The summed E-state index contributed by atoms with van der Waals surface area (Å²) >= 11 is 0. The van der Waals surface area contributed by atoms with E-state index in [4.69, 9.17) is 5.73 Å². The van der Waals surface area contributed by atoms with Crippen LogP contribution in [0.4, 0.5) is 10.3 Å². The van der Waals surface area contributed by atoms with Crippen molar-refractivity contribution in [1.82, 2.24) is 29.3 Å². The van der Waals surface area contributed by atoms with Gasteiger partial charge in [-0.05, 0) is 12.5 Å². The third-order valence-corrected chi connectivity index (χ3v) is 4.00. The number of nitrogens with zero attached hydrogens (tertiary/aromatic N) is 6. The number of nitrogen functional groups attached to an aromatic ring is 1. The monoisotopic (exact) mass is 337 g/mol. The summed E-state index contributed by atoms with van der Waals surface area (Å²) in [6.07, 6.45) is 5.55.